The van der Waals surface area contributed by atoms with Crippen LogP contribution in [0.1, 0.15) is 12.5 Å². The molecule has 0 saturated carbocycles. The van der Waals surface area contributed by atoms with E-state index in [0.29, 0.717) is 24.7 Å². The van der Waals surface area contributed by atoms with Crippen molar-refractivity contribution in [1.29, 1.82) is 0 Å². The Morgan fingerprint density at radius 1 is 1.29 bits per heavy atom. The van der Waals surface area contributed by atoms with Gasteiger partial charge in [-0.1, -0.05) is 5.16 Å². The molecule has 14 heavy (non-hydrogen) atoms. The van der Waals surface area contributed by atoms with Gasteiger partial charge in [0.05, 0.1) is 5.71 Å². The zero-order valence-corrected chi connectivity index (χ0v) is 7.86. The van der Waals surface area contributed by atoms with E-state index in [0.717, 1.165) is 11.3 Å². The Morgan fingerprint density at radius 2 is 2.00 bits per heavy atom. The van der Waals surface area contributed by atoms with E-state index >= 15 is 0 Å². The molecule has 0 unspecified atom stereocenters. The normalized spacial score (nSPS) is 15.4. The van der Waals surface area contributed by atoms with Crippen LogP contribution in [0, 0.1) is 0 Å². The van der Waals surface area contributed by atoms with Crippen molar-refractivity contribution in [2.24, 2.45) is 5.16 Å². The Balaban J connectivity index is 2.38. The summed E-state index contributed by atoms with van der Waals surface area (Å²) in [6.45, 7) is 2.87. The smallest absolute Gasteiger partial charge is 0.162 e. The van der Waals surface area contributed by atoms with E-state index in [9.17, 15) is 0 Å². The van der Waals surface area contributed by atoms with Crippen LogP contribution in [0.5, 0.6) is 11.5 Å². The highest BCUT2D eigenvalue weighted by atomic mass is 16.6. The first-order chi connectivity index (χ1) is 6.81. The van der Waals surface area contributed by atoms with Crippen LogP contribution in [0.25, 0.3) is 0 Å². The molecular weight excluding hydrogens is 182 g/mol. The van der Waals surface area contributed by atoms with Gasteiger partial charge in [-0.05, 0) is 25.1 Å². The minimum Gasteiger partial charge on any atom is -0.486 e. The lowest BCUT2D eigenvalue weighted by molar-refractivity contribution is 0.171. The second kappa shape index (κ2) is 3.57. The molecule has 1 aromatic carbocycles. The van der Waals surface area contributed by atoms with Crippen LogP contribution >= 0.6 is 0 Å². The second-order valence-corrected chi connectivity index (χ2v) is 3.04. The molecule has 1 aromatic rings. The van der Waals surface area contributed by atoms with Gasteiger partial charge in [-0.3, -0.25) is 0 Å². The van der Waals surface area contributed by atoms with Gasteiger partial charge in [0.1, 0.15) is 13.2 Å². The van der Waals surface area contributed by atoms with Crippen molar-refractivity contribution in [3.63, 3.8) is 0 Å². The lowest BCUT2D eigenvalue weighted by Gasteiger charge is -2.18. The van der Waals surface area contributed by atoms with Gasteiger partial charge in [0.25, 0.3) is 0 Å². The minimum atomic E-state index is 0.557. The van der Waals surface area contributed by atoms with E-state index < -0.39 is 0 Å². The molecule has 0 aliphatic carbocycles. The largest absolute Gasteiger partial charge is 0.486 e. The zero-order valence-electron chi connectivity index (χ0n) is 7.86. The average molecular weight is 193 g/mol. The van der Waals surface area contributed by atoms with Gasteiger partial charge >= 0.3 is 0 Å². The van der Waals surface area contributed by atoms with Gasteiger partial charge in [-0.15, -0.1) is 0 Å². The third-order valence-corrected chi connectivity index (χ3v) is 2.11. The van der Waals surface area contributed by atoms with E-state index in [4.69, 9.17) is 14.7 Å². The molecule has 1 N–H and O–H groups in total. The highest BCUT2D eigenvalue weighted by molar-refractivity contribution is 5.98. The lowest BCUT2D eigenvalue weighted by atomic mass is 10.1. The Hall–Kier alpha value is -1.71. The number of hydrogen-bond donors (Lipinski definition) is 1. The first kappa shape index (κ1) is 8.87. The first-order valence-electron chi connectivity index (χ1n) is 4.40. The summed E-state index contributed by atoms with van der Waals surface area (Å²) < 4.78 is 10.8. The number of nitrogens with zero attached hydrogens (tertiary/aromatic N) is 1. The van der Waals surface area contributed by atoms with E-state index in [2.05, 4.69) is 5.16 Å². The van der Waals surface area contributed by atoms with E-state index in [-0.39, 0.29) is 0 Å². The van der Waals surface area contributed by atoms with Gasteiger partial charge in [0.2, 0.25) is 0 Å². The van der Waals surface area contributed by atoms with Crippen molar-refractivity contribution in [1.82, 2.24) is 0 Å². The van der Waals surface area contributed by atoms with Crippen LogP contribution in [-0.4, -0.2) is 24.1 Å². The molecule has 1 heterocycles. The molecule has 74 valence electrons. The standard InChI is InChI=1S/C10H11NO3/c1-7(11-12)8-2-3-9-10(6-8)14-5-4-13-9/h2-3,6,12H,4-5H2,1H3/b11-7+. The quantitative estimate of drug-likeness (QED) is 0.419. The number of fused-ring (bicyclic) bond motifs is 1. The minimum absolute atomic E-state index is 0.557. The van der Waals surface area contributed by atoms with Crippen LogP contribution in [0.15, 0.2) is 23.4 Å². The first-order valence-corrected chi connectivity index (χ1v) is 4.40. The fraction of sp³-hybridized carbons (Fsp3) is 0.300. The van der Waals surface area contributed by atoms with E-state index in [1.54, 1.807) is 6.92 Å². The van der Waals surface area contributed by atoms with E-state index in [1.807, 2.05) is 18.2 Å². The number of hydrogen-bond acceptors (Lipinski definition) is 4. The van der Waals surface area contributed by atoms with Crippen molar-refractivity contribution in [3.05, 3.63) is 23.8 Å². The molecule has 0 saturated heterocycles. The average Bonchev–Trinajstić information content (AvgIpc) is 2.27. The summed E-state index contributed by atoms with van der Waals surface area (Å²) >= 11 is 0. The molecule has 4 heteroatoms. The van der Waals surface area contributed by atoms with Gasteiger partial charge in [-0.25, -0.2) is 0 Å². The molecule has 0 amide bonds. The molecule has 2 rings (SSSR count). The predicted octanol–water partition coefficient (Wildman–Crippen LogP) is 1.66. The molecule has 0 fully saturated rings. The number of ether oxygens (including phenoxy) is 2. The third kappa shape index (κ3) is 1.51. The molecule has 0 radical (unpaired) electrons. The fourth-order valence-corrected chi connectivity index (χ4v) is 1.33. The fourth-order valence-electron chi connectivity index (χ4n) is 1.33. The topological polar surface area (TPSA) is 51.1 Å². The number of rotatable bonds is 1. The molecule has 0 atom stereocenters. The summed E-state index contributed by atoms with van der Waals surface area (Å²) in [7, 11) is 0. The van der Waals surface area contributed by atoms with Crippen molar-refractivity contribution in [3.8, 4) is 11.5 Å². The van der Waals surface area contributed by atoms with Gasteiger partial charge in [-0.2, -0.15) is 0 Å². The maximum Gasteiger partial charge on any atom is 0.162 e. The Bertz CT molecular complexity index is 374. The molecule has 0 bridgehead atoms. The summed E-state index contributed by atoms with van der Waals surface area (Å²) in [5.74, 6) is 1.45. The third-order valence-electron chi connectivity index (χ3n) is 2.11. The van der Waals surface area contributed by atoms with E-state index in [1.165, 1.54) is 0 Å². The highest BCUT2D eigenvalue weighted by Gasteiger charge is 2.12. The van der Waals surface area contributed by atoms with Crippen molar-refractivity contribution in [2.75, 3.05) is 13.2 Å². The second-order valence-electron chi connectivity index (χ2n) is 3.04. The van der Waals surface area contributed by atoms with Crippen LogP contribution in [0.3, 0.4) is 0 Å². The number of benzene rings is 1. The molecule has 0 spiro atoms. The van der Waals surface area contributed by atoms with Crippen LogP contribution in [0.2, 0.25) is 0 Å². The monoisotopic (exact) mass is 193 g/mol. The summed E-state index contributed by atoms with van der Waals surface area (Å²) in [4.78, 5) is 0. The molecule has 4 nitrogen and oxygen atoms in total. The zero-order chi connectivity index (χ0) is 9.97. The lowest BCUT2D eigenvalue weighted by Crippen LogP contribution is -2.15. The van der Waals surface area contributed by atoms with Crippen LogP contribution in [-0.2, 0) is 0 Å². The predicted molar refractivity (Wildman–Crippen MR) is 51.4 cm³/mol. The highest BCUT2D eigenvalue weighted by Crippen LogP contribution is 2.30. The summed E-state index contributed by atoms with van der Waals surface area (Å²) in [6.07, 6.45) is 0. The summed E-state index contributed by atoms with van der Waals surface area (Å²) in [6, 6.07) is 5.46. The van der Waals surface area contributed by atoms with Crippen molar-refractivity contribution in [2.45, 2.75) is 6.92 Å². The molecular formula is C10H11NO3. The SMILES string of the molecule is C/C(=N\O)c1ccc2c(c1)OCCO2. The van der Waals surface area contributed by atoms with Gasteiger partial charge < -0.3 is 14.7 Å². The van der Waals surface area contributed by atoms with Crippen molar-refractivity contribution < 1.29 is 14.7 Å². The molecule has 1 aliphatic heterocycles. The maximum atomic E-state index is 8.61. The summed E-state index contributed by atoms with van der Waals surface area (Å²) in [5.41, 5.74) is 1.39. The van der Waals surface area contributed by atoms with Crippen molar-refractivity contribution >= 4 is 5.71 Å². The number of oxime groups is 1. The van der Waals surface area contributed by atoms with Gasteiger partial charge in [0.15, 0.2) is 11.5 Å². The Morgan fingerprint density at radius 3 is 2.71 bits per heavy atom. The maximum absolute atomic E-state index is 8.61. The Labute approximate surface area is 81.8 Å². The van der Waals surface area contributed by atoms with Gasteiger partial charge in [0, 0.05) is 5.56 Å². The molecule has 1 aliphatic rings. The Kier molecular flexibility index (Phi) is 2.26. The van der Waals surface area contributed by atoms with Crippen LogP contribution < -0.4 is 9.47 Å². The molecule has 0 aromatic heterocycles. The van der Waals surface area contributed by atoms with Crippen LogP contribution in [0.4, 0.5) is 0 Å². The summed E-state index contributed by atoms with van der Waals surface area (Å²) in [5, 5.41) is 11.7.